The highest BCUT2D eigenvalue weighted by atomic mass is 79.9. The van der Waals surface area contributed by atoms with Gasteiger partial charge in [-0.3, -0.25) is 4.99 Å². The molecule has 3 aromatic rings. The summed E-state index contributed by atoms with van der Waals surface area (Å²) in [7, 11) is 1.62. The number of hydrogen-bond acceptors (Lipinski definition) is 3. The van der Waals surface area contributed by atoms with Crippen LogP contribution in [0.4, 0.5) is 5.69 Å². The topological polar surface area (TPSA) is 41.8 Å². The fraction of sp³-hybridized carbons (Fsp3) is 0.0952. The molecule has 3 rings (SSSR count). The summed E-state index contributed by atoms with van der Waals surface area (Å²) in [5.74, 6) is 0.928. The predicted octanol–water partition coefficient (Wildman–Crippen LogP) is 6.16. The monoisotopic (exact) mass is 429 g/mol. The van der Waals surface area contributed by atoms with Crippen LogP contribution in [0.2, 0.25) is 5.02 Å². The summed E-state index contributed by atoms with van der Waals surface area (Å²) in [6, 6.07) is 18.8. The largest absolute Gasteiger partial charge is 0.507 e. The summed E-state index contributed by atoms with van der Waals surface area (Å²) >= 11 is 9.68. The van der Waals surface area contributed by atoms with E-state index in [4.69, 9.17) is 16.3 Å². The smallest absolute Gasteiger partial charge is 0.133 e. The van der Waals surface area contributed by atoms with Crippen LogP contribution in [0.25, 0.3) is 0 Å². The van der Waals surface area contributed by atoms with Crippen molar-refractivity contribution in [1.82, 2.24) is 0 Å². The van der Waals surface area contributed by atoms with Crippen molar-refractivity contribution in [2.24, 2.45) is 4.99 Å². The van der Waals surface area contributed by atoms with E-state index in [1.54, 1.807) is 19.4 Å². The lowest BCUT2D eigenvalue weighted by molar-refractivity contribution is 0.412. The van der Waals surface area contributed by atoms with Gasteiger partial charge >= 0.3 is 0 Å². The van der Waals surface area contributed by atoms with Crippen molar-refractivity contribution in [3.8, 4) is 11.5 Å². The third kappa shape index (κ3) is 4.45. The average Bonchev–Trinajstić information content (AvgIpc) is 2.64. The van der Waals surface area contributed by atoms with E-state index in [-0.39, 0.29) is 5.75 Å². The first-order valence-corrected chi connectivity index (χ1v) is 9.17. The van der Waals surface area contributed by atoms with E-state index in [0.717, 1.165) is 32.1 Å². The van der Waals surface area contributed by atoms with Crippen LogP contribution in [0.5, 0.6) is 11.5 Å². The van der Waals surface area contributed by atoms with Crippen LogP contribution in [0, 0.1) is 0 Å². The molecule has 0 atom stereocenters. The van der Waals surface area contributed by atoms with Gasteiger partial charge in [0.15, 0.2) is 0 Å². The number of phenols is 1. The van der Waals surface area contributed by atoms with Gasteiger partial charge in [0.05, 0.1) is 17.3 Å². The minimum atomic E-state index is 0.184. The molecule has 132 valence electrons. The summed E-state index contributed by atoms with van der Waals surface area (Å²) in [5.41, 5.74) is 3.50. The Kier molecular flexibility index (Phi) is 5.96. The standard InChI is InChI=1S/C21H17BrClNO2/c1-26-21-9-7-17(12-18(21)22)24-13-16-11-14(6-8-20(16)25)10-15-4-2-3-5-19(15)23/h2-9,11-13,25H,10H2,1H3. The minimum absolute atomic E-state index is 0.184. The zero-order chi connectivity index (χ0) is 18.5. The van der Waals surface area contributed by atoms with Gasteiger partial charge in [0.1, 0.15) is 11.5 Å². The molecule has 1 N–H and O–H groups in total. The van der Waals surface area contributed by atoms with Crippen molar-refractivity contribution in [2.45, 2.75) is 6.42 Å². The third-order valence-corrected chi connectivity index (χ3v) is 4.92. The van der Waals surface area contributed by atoms with Crippen LogP contribution < -0.4 is 4.74 Å². The van der Waals surface area contributed by atoms with E-state index in [0.29, 0.717) is 12.0 Å². The molecule has 0 saturated carbocycles. The summed E-state index contributed by atoms with van der Waals surface area (Å²) < 4.78 is 6.04. The Morgan fingerprint density at radius 2 is 1.92 bits per heavy atom. The van der Waals surface area contributed by atoms with E-state index in [2.05, 4.69) is 20.9 Å². The van der Waals surface area contributed by atoms with Crippen molar-refractivity contribution in [2.75, 3.05) is 7.11 Å². The second kappa shape index (κ2) is 8.39. The molecule has 0 aliphatic rings. The number of phenolic OH excluding ortho intramolecular Hbond substituents is 1. The molecule has 0 bridgehead atoms. The third-order valence-electron chi connectivity index (χ3n) is 3.93. The molecule has 3 aromatic carbocycles. The first kappa shape index (κ1) is 18.5. The van der Waals surface area contributed by atoms with Crippen LogP contribution >= 0.6 is 27.5 Å². The van der Waals surface area contributed by atoms with Crippen LogP contribution in [-0.2, 0) is 6.42 Å². The van der Waals surface area contributed by atoms with E-state index < -0.39 is 0 Å². The molecule has 0 radical (unpaired) electrons. The second-order valence-electron chi connectivity index (χ2n) is 5.74. The summed E-state index contributed by atoms with van der Waals surface area (Å²) in [4.78, 5) is 4.44. The summed E-state index contributed by atoms with van der Waals surface area (Å²) in [6.07, 6.45) is 2.34. The molecular weight excluding hydrogens is 414 g/mol. The Bertz CT molecular complexity index is 956. The lowest BCUT2D eigenvalue weighted by Gasteiger charge is -2.07. The van der Waals surface area contributed by atoms with Gasteiger partial charge < -0.3 is 9.84 Å². The van der Waals surface area contributed by atoms with Gasteiger partial charge in [0, 0.05) is 16.8 Å². The van der Waals surface area contributed by atoms with Crippen molar-refractivity contribution in [3.05, 3.63) is 86.8 Å². The normalized spacial score (nSPS) is 11.0. The summed E-state index contributed by atoms with van der Waals surface area (Å²) in [6.45, 7) is 0. The molecule has 0 spiro atoms. The van der Waals surface area contributed by atoms with Gasteiger partial charge in [-0.2, -0.15) is 0 Å². The van der Waals surface area contributed by atoms with Crippen LogP contribution in [0.1, 0.15) is 16.7 Å². The summed E-state index contributed by atoms with van der Waals surface area (Å²) in [5, 5.41) is 10.9. The molecule has 0 aliphatic heterocycles. The Balaban J connectivity index is 1.84. The number of hydrogen-bond donors (Lipinski definition) is 1. The molecule has 26 heavy (non-hydrogen) atoms. The maximum absolute atomic E-state index is 10.1. The number of aromatic hydroxyl groups is 1. The molecule has 0 aromatic heterocycles. The Hall–Kier alpha value is -2.30. The predicted molar refractivity (Wildman–Crippen MR) is 110 cm³/mol. The van der Waals surface area contributed by atoms with E-state index in [1.165, 1.54) is 0 Å². The first-order valence-electron chi connectivity index (χ1n) is 7.99. The van der Waals surface area contributed by atoms with Crippen molar-refractivity contribution in [3.63, 3.8) is 0 Å². The number of ether oxygens (including phenoxy) is 1. The number of methoxy groups -OCH3 is 1. The van der Waals surface area contributed by atoms with Crippen LogP contribution in [0.15, 0.2) is 70.1 Å². The molecule has 0 unspecified atom stereocenters. The quantitative estimate of drug-likeness (QED) is 0.493. The van der Waals surface area contributed by atoms with Crippen molar-refractivity contribution in [1.29, 1.82) is 0 Å². The second-order valence-corrected chi connectivity index (χ2v) is 7.00. The number of rotatable bonds is 5. The van der Waals surface area contributed by atoms with Gasteiger partial charge in [0.2, 0.25) is 0 Å². The SMILES string of the molecule is COc1ccc(N=Cc2cc(Cc3ccccc3Cl)ccc2O)cc1Br. The van der Waals surface area contributed by atoms with Gasteiger partial charge in [-0.15, -0.1) is 0 Å². The van der Waals surface area contributed by atoms with Crippen LogP contribution in [-0.4, -0.2) is 18.4 Å². The lowest BCUT2D eigenvalue weighted by atomic mass is 10.0. The highest BCUT2D eigenvalue weighted by molar-refractivity contribution is 9.10. The Morgan fingerprint density at radius 3 is 2.65 bits per heavy atom. The molecular formula is C21H17BrClNO2. The van der Waals surface area contributed by atoms with E-state index >= 15 is 0 Å². The number of halogens is 2. The van der Waals surface area contributed by atoms with Gasteiger partial charge in [0.25, 0.3) is 0 Å². The van der Waals surface area contributed by atoms with Gasteiger partial charge in [-0.05, 0) is 69.9 Å². The highest BCUT2D eigenvalue weighted by Crippen LogP contribution is 2.29. The minimum Gasteiger partial charge on any atom is -0.507 e. The maximum atomic E-state index is 10.1. The Morgan fingerprint density at radius 1 is 1.12 bits per heavy atom. The first-order chi connectivity index (χ1) is 12.6. The van der Waals surface area contributed by atoms with Crippen molar-refractivity contribution < 1.29 is 9.84 Å². The van der Waals surface area contributed by atoms with E-state index in [9.17, 15) is 5.11 Å². The van der Waals surface area contributed by atoms with Gasteiger partial charge in [-0.25, -0.2) is 0 Å². The molecule has 3 nitrogen and oxygen atoms in total. The Labute approximate surface area is 166 Å². The molecule has 0 amide bonds. The highest BCUT2D eigenvalue weighted by Gasteiger charge is 2.05. The van der Waals surface area contributed by atoms with Crippen molar-refractivity contribution >= 4 is 39.4 Å². The van der Waals surface area contributed by atoms with E-state index in [1.807, 2.05) is 54.6 Å². The maximum Gasteiger partial charge on any atom is 0.133 e. The zero-order valence-electron chi connectivity index (χ0n) is 14.1. The number of aliphatic imine (C=N–C) groups is 1. The fourth-order valence-corrected chi connectivity index (χ4v) is 3.29. The number of benzene rings is 3. The molecule has 0 aliphatic carbocycles. The number of nitrogens with zero attached hydrogens (tertiary/aromatic N) is 1. The zero-order valence-corrected chi connectivity index (χ0v) is 16.5. The fourth-order valence-electron chi connectivity index (χ4n) is 2.56. The molecule has 5 heteroatoms. The van der Waals surface area contributed by atoms with Gasteiger partial charge in [-0.1, -0.05) is 35.9 Å². The molecule has 0 saturated heterocycles. The molecule has 0 heterocycles. The molecule has 0 fully saturated rings. The lowest BCUT2D eigenvalue weighted by Crippen LogP contribution is -1.92. The van der Waals surface area contributed by atoms with Crippen LogP contribution in [0.3, 0.4) is 0 Å². The average molecular weight is 431 g/mol.